The number of rotatable bonds is 2. The Morgan fingerprint density at radius 3 is 2.76 bits per heavy atom. The summed E-state index contributed by atoms with van der Waals surface area (Å²) < 4.78 is 0. The first-order valence-electron chi connectivity index (χ1n) is 5.90. The maximum Gasteiger partial charge on any atom is 0.228 e. The number of benzene rings is 1. The summed E-state index contributed by atoms with van der Waals surface area (Å²) in [5, 5.41) is 3.62. The van der Waals surface area contributed by atoms with Crippen molar-refractivity contribution in [1.29, 1.82) is 0 Å². The Hall–Kier alpha value is -1.06. The Labute approximate surface area is 107 Å². The molecule has 0 aromatic heterocycles. The molecule has 0 saturated carbocycles. The highest BCUT2D eigenvalue weighted by Crippen LogP contribution is 2.18. The van der Waals surface area contributed by atoms with Crippen LogP contribution in [0, 0.1) is 5.92 Å². The van der Waals surface area contributed by atoms with Gasteiger partial charge in [-0.1, -0.05) is 11.6 Å². The van der Waals surface area contributed by atoms with E-state index in [1.165, 1.54) is 0 Å². The van der Waals surface area contributed by atoms with Gasteiger partial charge in [-0.3, -0.25) is 4.79 Å². The second kappa shape index (κ2) is 5.52. The summed E-state index contributed by atoms with van der Waals surface area (Å²) in [6.45, 7) is 1.93. The Kier molecular flexibility index (Phi) is 4.02. The second-order valence-electron chi connectivity index (χ2n) is 4.60. The van der Waals surface area contributed by atoms with E-state index in [0.717, 1.165) is 31.6 Å². The summed E-state index contributed by atoms with van der Waals surface area (Å²) in [5.41, 5.74) is 0.813. The number of nitrogens with one attached hydrogen (secondary N) is 1. The molecular formula is C13H17ClN2O. The number of hydrogen-bond donors (Lipinski definition) is 1. The van der Waals surface area contributed by atoms with Crippen LogP contribution in [0.25, 0.3) is 0 Å². The van der Waals surface area contributed by atoms with Crippen molar-refractivity contribution >= 4 is 23.2 Å². The fourth-order valence-corrected chi connectivity index (χ4v) is 2.28. The van der Waals surface area contributed by atoms with Crippen molar-refractivity contribution in [3.05, 3.63) is 29.3 Å². The Morgan fingerprint density at radius 1 is 1.41 bits per heavy atom. The number of piperidine rings is 1. The molecule has 1 heterocycles. The number of nitrogens with zero attached hydrogens (tertiary/aromatic N) is 1. The van der Waals surface area contributed by atoms with Gasteiger partial charge in [0.25, 0.3) is 0 Å². The largest absolute Gasteiger partial charge is 0.326 e. The van der Waals surface area contributed by atoms with Crippen LogP contribution in [0.1, 0.15) is 12.8 Å². The molecule has 1 saturated heterocycles. The number of carbonyl (C=O) groups is 1. The van der Waals surface area contributed by atoms with E-state index >= 15 is 0 Å². The number of likely N-dealkylation sites (tertiary alicyclic amines) is 1. The summed E-state index contributed by atoms with van der Waals surface area (Å²) in [7, 11) is 2.06. The van der Waals surface area contributed by atoms with Crippen LogP contribution < -0.4 is 5.32 Å². The lowest BCUT2D eigenvalue weighted by Crippen LogP contribution is -2.38. The van der Waals surface area contributed by atoms with Crippen LogP contribution in [0.2, 0.25) is 5.02 Å². The summed E-state index contributed by atoms with van der Waals surface area (Å²) in [4.78, 5) is 14.2. The van der Waals surface area contributed by atoms with Gasteiger partial charge in [-0.25, -0.2) is 0 Å². The third-order valence-corrected chi connectivity index (χ3v) is 3.36. The molecule has 92 valence electrons. The van der Waals surface area contributed by atoms with Gasteiger partial charge in [0.05, 0.1) is 5.92 Å². The zero-order valence-corrected chi connectivity index (χ0v) is 10.7. The number of halogens is 1. The van der Waals surface area contributed by atoms with Crippen molar-refractivity contribution < 1.29 is 4.79 Å². The van der Waals surface area contributed by atoms with Crippen LogP contribution in [0.5, 0.6) is 0 Å². The van der Waals surface area contributed by atoms with Gasteiger partial charge < -0.3 is 10.2 Å². The maximum absolute atomic E-state index is 12.0. The fraction of sp³-hybridized carbons (Fsp3) is 0.462. The first-order chi connectivity index (χ1) is 8.15. The molecule has 0 radical (unpaired) electrons. The van der Waals surface area contributed by atoms with Crippen molar-refractivity contribution in [3.8, 4) is 0 Å². The van der Waals surface area contributed by atoms with E-state index in [1.54, 1.807) is 12.1 Å². The van der Waals surface area contributed by atoms with Gasteiger partial charge >= 0.3 is 0 Å². The van der Waals surface area contributed by atoms with E-state index in [-0.39, 0.29) is 11.8 Å². The van der Waals surface area contributed by atoms with Gasteiger partial charge in [0.15, 0.2) is 0 Å². The van der Waals surface area contributed by atoms with Crippen LogP contribution in [0.4, 0.5) is 5.69 Å². The Bertz CT molecular complexity index is 391. The lowest BCUT2D eigenvalue weighted by atomic mass is 9.97. The average molecular weight is 253 g/mol. The molecule has 0 bridgehead atoms. The summed E-state index contributed by atoms with van der Waals surface area (Å²) in [6, 6.07) is 7.22. The monoisotopic (exact) mass is 252 g/mol. The molecular weight excluding hydrogens is 236 g/mol. The molecule has 1 unspecified atom stereocenters. The van der Waals surface area contributed by atoms with Crippen molar-refractivity contribution in [2.45, 2.75) is 12.8 Å². The molecule has 17 heavy (non-hydrogen) atoms. The van der Waals surface area contributed by atoms with E-state index < -0.39 is 0 Å². The summed E-state index contributed by atoms with van der Waals surface area (Å²) >= 11 is 5.80. The molecule has 1 N–H and O–H groups in total. The third-order valence-electron chi connectivity index (χ3n) is 3.11. The molecule has 0 spiro atoms. The number of hydrogen-bond acceptors (Lipinski definition) is 2. The fourth-order valence-electron chi connectivity index (χ4n) is 2.16. The SMILES string of the molecule is CN1CCCC(C(=O)Nc2ccc(Cl)cc2)C1. The minimum atomic E-state index is 0.101. The molecule has 2 rings (SSSR count). The van der Waals surface area contributed by atoms with E-state index in [2.05, 4.69) is 17.3 Å². The van der Waals surface area contributed by atoms with E-state index in [0.29, 0.717) is 5.02 Å². The number of carbonyl (C=O) groups excluding carboxylic acids is 1. The molecule has 1 aromatic carbocycles. The van der Waals surface area contributed by atoms with Crippen molar-refractivity contribution in [2.75, 3.05) is 25.5 Å². The Balaban J connectivity index is 1.94. The zero-order valence-electron chi connectivity index (χ0n) is 9.95. The van der Waals surface area contributed by atoms with Gasteiger partial charge in [0.1, 0.15) is 0 Å². The minimum absolute atomic E-state index is 0.101. The van der Waals surface area contributed by atoms with Gasteiger partial charge in [0.2, 0.25) is 5.91 Å². The predicted octanol–water partition coefficient (Wildman–Crippen LogP) is 2.62. The number of amides is 1. The average Bonchev–Trinajstić information content (AvgIpc) is 2.32. The van der Waals surface area contributed by atoms with Crippen LogP contribution in [0.3, 0.4) is 0 Å². The molecule has 1 fully saturated rings. The highest BCUT2D eigenvalue weighted by atomic mass is 35.5. The molecule has 1 aliphatic rings. The molecule has 1 aromatic rings. The van der Waals surface area contributed by atoms with Crippen LogP contribution in [-0.2, 0) is 4.79 Å². The van der Waals surface area contributed by atoms with Crippen molar-refractivity contribution in [2.24, 2.45) is 5.92 Å². The smallest absolute Gasteiger partial charge is 0.228 e. The van der Waals surface area contributed by atoms with Gasteiger partial charge in [-0.2, -0.15) is 0 Å². The van der Waals surface area contributed by atoms with E-state index in [4.69, 9.17) is 11.6 Å². The highest BCUT2D eigenvalue weighted by Gasteiger charge is 2.23. The zero-order chi connectivity index (χ0) is 12.3. The van der Waals surface area contributed by atoms with Gasteiger partial charge in [-0.15, -0.1) is 0 Å². The molecule has 1 amide bonds. The lowest BCUT2D eigenvalue weighted by molar-refractivity contribution is -0.121. The lowest BCUT2D eigenvalue weighted by Gasteiger charge is -2.28. The number of anilines is 1. The van der Waals surface area contributed by atoms with Crippen molar-refractivity contribution in [1.82, 2.24) is 4.90 Å². The third kappa shape index (κ3) is 3.45. The summed E-state index contributed by atoms with van der Waals surface area (Å²) in [5.74, 6) is 0.211. The molecule has 3 nitrogen and oxygen atoms in total. The van der Waals surface area contributed by atoms with Gasteiger partial charge in [-0.05, 0) is 50.7 Å². The predicted molar refractivity (Wildman–Crippen MR) is 70.3 cm³/mol. The summed E-state index contributed by atoms with van der Waals surface area (Å²) in [6.07, 6.45) is 2.07. The van der Waals surface area contributed by atoms with Gasteiger partial charge in [0, 0.05) is 17.3 Å². The van der Waals surface area contributed by atoms with Crippen LogP contribution >= 0.6 is 11.6 Å². The normalized spacial score (nSPS) is 21.2. The molecule has 1 aliphatic heterocycles. The molecule has 4 heteroatoms. The van der Waals surface area contributed by atoms with Crippen LogP contribution in [0.15, 0.2) is 24.3 Å². The standard InChI is InChI=1S/C13H17ClN2O/c1-16-8-2-3-10(9-16)13(17)15-12-6-4-11(14)5-7-12/h4-7,10H,2-3,8-9H2,1H3,(H,15,17). The van der Waals surface area contributed by atoms with Crippen LogP contribution in [-0.4, -0.2) is 30.9 Å². The van der Waals surface area contributed by atoms with E-state index in [1.807, 2.05) is 12.1 Å². The van der Waals surface area contributed by atoms with E-state index in [9.17, 15) is 4.79 Å². The molecule has 1 atom stereocenters. The molecule has 0 aliphatic carbocycles. The first-order valence-corrected chi connectivity index (χ1v) is 6.28. The minimum Gasteiger partial charge on any atom is -0.326 e. The maximum atomic E-state index is 12.0. The quantitative estimate of drug-likeness (QED) is 0.878. The second-order valence-corrected chi connectivity index (χ2v) is 5.03. The first kappa shape index (κ1) is 12.4. The Morgan fingerprint density at radius 2 is 2.12 bits per heavy atom. The van der Waals surface area contributed by atoms with Crippen molar-refractivity contribution in [3.63, 3.8) is 0 Å². The topological polar surface area (TPSA) is 32.3 Å². The highest BCUT2D eigenvalue weighted by molar-refractivity contribution is 6.30.